The minimum atomic E-state index is -0.413. The second-order valence-corrected chi connectivity index (χ2v) is 11.6. The highest BCUT2D eigenvalue weighted by Gasteiger charge is 2.72. The fourth-order valence-electron chi connectivity index (χ4n) is 6.20. The lowest BCUT2D eigenvalue weighted by Gasteiger charge is -2.44. The molecule has 3 heterocycles. The van der Waals surface area contributed by atoms with E-state index in [0.29, 0.717) is 32.7 Å². The van der Waals surface area contributed by atoms with Gasteiger partial charge in [0.15, 0.2) is 0 Å². The smallest absolute Gasteiger partial charge is 0.410 e. The van der Waals surface area contributed by atoms with Crippen LogP contribution in [0.1, 0.15) is 53.9 Å². The summed E-state index contributed by atoms with van der Waals surface area (Å²) in [5.74, 6) is 0.117. The number of carbonyl (C=O) groups is 2. The van der Waals surface area contributed by atoms with Crippen LogP contribution in [0.3, 0.4) is 0 Å². The van der Waals surface area contributed by atoms with Crippen molar-refractivity contribution in [2.45, 2.75) is 83.4 Å². The van der Waals surface area contributed by atoms with E-state index in [-0.39, 0.29) is 54.0 Å². The fourth-order valence-corrected chi connectivity index (χ4v) is 6.20. The van der Waals surface area contributed by atoms with Gasteiger partial charge in [-0.2, -0.15) is 0 Å². The maximum absolute atomic E-state index is 12.9. The number of amides is 2. The summed E-state index contributed by atoms with van der Waals surface area (Å²) in [7, 11) is 1.68. The van der Waals surface area contributed by atoms with Crippen LogP contribution in [0.25, 0.3) is 0 Å². The van der Waals surface area contributed by atoms with Gasteiger partial charge in [-0.05, 0) is 53.1 Å². The van der Waals surface area contributed by atoms with Crippen LogP contribution in [0.5, 0.6) is 0 Å². The second kappa shape index (κ2) is 12.1. The molecule has 1 aliphatic carbocycles. The second-order valence-electron chi connectivity index (χ2n) is 11.6. The first kappa shape index (κ1) is 29.1. The number of likely N-dealkylation sites (tertiary alicyclic amines) is 1. The van der Waals surface area contributed by atoms with Gasteiger partial charge >= 0.3 is 12.2 Å². The molecule has 0 aromatic carbocycles. The molecule has 3 aliphatic heterocycles. The summed E-state index contributed by atoms with van der Waals surface area (Å²) in [5, 5.41) is 2.79. The van der Waals surface area contributed by atoms with Gasteiger partial charge in [0.05, 0.1) is 25.2 Å². The van der Waals surface area contributed by atoms with E-state index in [9.17, 15) is 9.59 Å². The van der Waals surface area contributed by atoms with Crippen molar-refractivity contribution < 1.29 is 33.3 Å². The summed E-state index contributed by atoms with van der Waals surface area (Å²) in [5.41, 5.74) is 0.663. The Bertz CT molecular complexity index is 865. The van der Waals surface area contributed by atoms with Crippen LogP contribution in [0.4, 0.5) is 9.59 Å². The van der Waals surface area contributed by atoms with E-state index in [1.165, 1.54) is 5.57 Å². The topological polar surface area (TPSA) is 105 Å². The molecule has 0 bridgehead atoms. The highest BCUT2D eigenvalue weighted by atomic mass is 16.6. The average molecular weight is 538 g/mol. The minimum Gasteiger partial charge on any atom is -0.449 e. The maximum atomic E-state index is 12.9. The van der Waals surface area contributed by atoms with Gasteiger partial charge in [-0.1, -0.05) is 25.5 Å². The van der Waals surface area contributed by atoms with E-state index in [4.69, 9.17) is 23.7 Å². The van der Waals surface area contributed by atoms with Gasteiger partial charge in [0.2, 0.25) is 0 Å². The molecule has 38 heavy (non-hydrogen) atoms. The average Bonchev–Trinajstić information content (AvgIpc) is 3.77. The van der Waals surface area contributed by atoms with Gasteiger partial charge in [0, 0.05) is 39.2 Å². The SMILES string of the molecule is CCN(CC)CCNC(=O)OCC1CN(C(=O)OC2CCC3(CO3)C([C@@]3(C)O[C@@H]3CC=C(C)C)C2OC)C1. The van der Waals surface area contributed by atoms with Gasteiger partial charge in [-0.3, -0.25) is 0 Å². The van der Waals surface area contributed by atoms with Crippen LogP contribution in [0.15, 0.2) is 11.6 Å². The van der Waals surface area contributed by atoms with Gasteiger partial charge in [0.25, 0.3) is 0 Å². The van der Waals surface area contributed by atoms with Crippen molar-refractivity contribution in [3.8, 4) is 0 Å². The van der Waals surface area contributed by atoms with Crippen LogP contribution in [0.2, 0.25) is 0 Å². The molecule has 3 saturated heterocycles. The van der Waals surface area contributed by atoms with Gasteiger partial charge < -0.3 is 38.8 Å². The number of methoxy groups -OCH3 is 1. The first-order chi connectivity index (χ1) is 18.2. The number of epoxide rings is 2. The molecule has 1 N–H and O–H groups in total. The number of allylic oxidation sites excluding steroid dienone is 1. The lowest BCUT2D eigenvalue weighted by atomic mass is 9.68. The number of rotatable bonds is 12. The molecule has 10 heteroatoms. The van der Waals surface area contributed by atoms with Crippen molar-refractivity contribution in [3.05, 3.63) is 11.6 Å². The van der Waals surface area contributed by atoms with E-state index >= 15 is 0 Å². The predicted octanol–water partition coefficient (Wildman–Crippen LogP) is 3.20. The molecule has 0 aromatic rings. The number of ether oxygens (including phenoxy) is 5. The Morgan fingerprint density at radius 2 is 1.92 bits per heavy atom. The number of alkyl carbamates (subject to hydrolysis) is 1. The third-order valence-corrected chi connectivity index (χ3v) is 8.75. The molecule has 10 nitrogen and oxygen atoms in total. The molecule has 4 fully saturated rings. The fraction of sp³-hybridized carbons (Fsp3) is 0.857. The molecule has 216 valence electrons. The Labute approximate surface area is 227 Å². The Kier molecular flexibility index (Phi) is 9.27. The van der Waals surface area contributed by atoms with Crippen molar-refractivity contribution in [3.63, 3.8) is 0 Å². The van der Waals surface area contributed by atoms with Crippen LogP contribution >= 0.6 is 0 Å². The van der Waals surface area contributed by atoms with Crippen LogP contribution in [-0.2, 0) is 23.7 Å². The highest BCUT2D eigenvalue weighted by Crippen LogP contribution is 2.59. The van der Waals surface area contributed by atoms with Gasteiger partial charge in [0.1, 0.15) is 23.4 Å². The molecule has 4 unspecified atom stereocenters. The summed E-state index contributed by atoms with van der Waals surface area (Å²) in [6.07, 6.45) is 3.29. The highest BCUT2D eigenvalue weighted by molar-refractivity contribution is 5.69. The molecule has 0 aromatic heterocycles. The van der Waals surface area contributed by atoms with Crippen LogP contribution < -0.4 is 5.32 Å². The van der Waals surface area contributed by atoms with E-state index < -0.39 is 6.09 Å². The molecule has 6 atom stereocenters. The summed E-state index contributed by atoms with van der Waals surface area (Å²) >= 11 is 0. The minimum absolute atomic E-state index is 0.0000968. The largest absolute Gasteiger partial charge is 0.449 e. The van der Waals surface area contributed by atoms with Gasteiger partial charge in [-0.25, -0.2) is 9.59 Å². The summed E-state index contributed by atoms with van der Waals surface area (Å²) in [6.45, 7) is 15.8. The Hall–Kier alpha value is -1.88. The predicted molar refractivity (Wildman–Crippen MR) is 142 cm³/mol. The first-order valence-electron chi connectivity index (χ1n) is 14.2. The Morgan fingerprint density at radius 1 is 1.21 bits per heavy atom. The van der Waals surface area contributed by atoms with Crippen molar-refractivity contribution in [1.82, 2.24) is 15.1 Å². The molecule has 4 aliphatic rings. The number of likely N-dealkylation sites (N-methyl/N-ethyl adjacent to an activating group) is 1. The zero-order valence-corrected chi connectivity index (χ0v) is 24.0. The molecule has 2 amide bonds. The molecule has 4 rings (SSSR count). The van der Waals surface area contributed by atoms with E-state index in [0.717, 1.165) is 32.5 Å². The molecular weight excluding hydrogens is 490 g/mol. The zero-order chi connectivity index (χ0) is 27.5. The van der Waals surface area contributed by atoms with E-state index in [1.807, 2.05) is 0 Å². The third kappa shape index (κ3) is 6.46. The number of nitrogens with one attached hydrogen (secondary N) is 1. The summed E-state index contributed by atoms with van der Waals surface area (Å²) < 4.78 is 29.5. The first-order valence-corrected chi connectivity index (χ1v) is 14.2. The van der Waals surface area contributed by atoms with Crippen molar-refractivity contribution >= 4 is 12.2 Å². The van der Waals surface area contributed by atoms with Crippen molar-refractivity contribution in [2.24, 2.45) is 11.8 Å². The molecule has 0 radical (unpaired) electrons. The monoisotopic (exact) mass is 537 g/mol. The Morgan fingerprint density at radius 3 is 2.53 bits per heavy atom. The number of hydrogen-bond donors (Lipinski definition) is 1. The summed E-state index contributed by atoms with van der Waals surface area (Å²) in [4.78, 5) is 28.8. The molecular formula is C28H47N3O7. The Balaban J connectivity index is 1.22. The standard InChI is InChI=1S/C28H47N3O7/c1-7-30(8-2)14-13-29-25(32)35-17-20-15-31(16-20)26(33)37-21-11-12-28(18-36-28)24(23(21)34-6)27(5)22(38-27)10-9-19(3)4/h9,20-24H,7-8,10-18H2,1-6H3,(H,29,32)/t21?,22-,23?,24?,27+,28?/m1/s1. The normalized spacial score (nSPS) is 34.0. The number of nitrogens with zero attached hydrogens (tertiary/aromatic N) is 2. The summed E-state index contributed by atoms with van der Waals surface area (Å²) in [6, 6.07) is 0. The number of carbonyl (C=O) groups excluding carboxylic acids is 2. The number of hydrogen-bond acceptors (Lipinski definition) is 8. The lowest BCUT2D eigenvalue weighted by Crippen LogP contribution is -2.58. The van der Waals surface area contributed by atoms with Gasteiger partial charge in [-0.15, -0.1) is 0 Å². The van der Waals surface area contributed by atoms with E-state index in [1.54, 1.807) is 12.0 Å². The quantitative estimate of drug-likeness (QED) is 0.299. The molecule has 1 spiro atoms. The maximum Gasteiger partial charge on any atom is 0.410 e. The van der Waals surface area contributed by atoms with Crippen LogP contribution in [-0.4, -0.2) is 111 Å². The van der Waals surface area contributed by atoms with Crippen LogP contribution in [0, 0.1) is 11.8 Å². The van der Waals surface area contributed by atoms with E-state index in [2.05, 4.69) is 50.9 Å². The van der Waals surface area contributed by atoms with Crippen molar-refractivity contribution in [2.75, 3.05) is 59.6 Å². The van der Waals surface area contributed by atoms with Crippen molar-refractivity contribution in [1.29, 1.82) is 0 Å². The zero-order valence-electron chi connectivity index (χ0n) is 24.0. The third-order valence-electron chi connectivity index (χ3n) is 8.75. The lowest BCUT2D eigenvalue weighted by molar-refractivity contribution is -0.125. The molecule has 1 saturated carbocycles.